The Hall–Kier alpha value is -3.66. The first kappa shape index (κ1) is 20.6. The van der Waals surface area contributed by atoms with E-state index >= 15 is 0 Å². The average Bonchev–Trinajstić information content (AvgIpc) is 3.13. The fourth-order valence-corrected chi connectivity index (χ4v) is 3.66. The van der Waals surface area contributed by atoms with Gasteiger partial charge in [-0.2, -0.15) is 0 Å². The van der Waals surface area contributed by atoms with E-state index in [1.54, 1.807) is 12.1 Å². The standard InChI is InChI=1S/C27H25FN2O/c1-19-9-15-25(16-10-19)30-21(3)26(17-27(30)23-11-13-24(28)14-12-23)20(2)29-31-18-22-7-5-4-6-8-22/h4-17H,18H2,1-3H3/b29-20-. The van der Waals surface area contributed by atoms with E-state index in [0.29, 0.717) is 6.61 Å². The smallest absolute Gasteiger partial charge is 0.142 e. The van der Waals surface area contributed by atoms with Gasteiger partial charge in [-0.15, -0.1) is 0 Å². The third-order valence-electron chi connectivity index (χ3n) is 5.34. The minimum atomic E-state index is -0.249. The fraction of sp³-hybridized carbons (Fsp3) is 0.148. The summed E-state index contributed by atoms with van der Waals surface area (Å²) in [5, 5.41) is 4.36. The zero-order valence-electron chi connectivity index (χ0n) is 18.0. The highest BCUT2D eigenvalue weighted by atomic mass is 19.1. The summed E-state index contributed by atoms with van der Waals surface area (Å²) in [6.45, 7) is 6.50. The van der Waals surface area contributed by atoms with Crippen molar-refractivity contribution in [1.29, 1.82) is 0 Å². The van der Waals surface area contributed by atoms with Gasteiger partial charge in [0.05, 0.1) is 11.4 Å². The highest BCUT2D eigenvalue weighted by molar-refractivity contribution is 6.01. The maximum atomic E-state index is 13.5. The maximum absolute atomic E-state index is 13.5. The van der Waals surface area contributed by atoms with Gasteiger partial charge in [-0.05, 0) is 74.4 Å². The van der Waals surface area contributed by atoms with Gasteiger partial charge < -0.3 is 9.40 Å². The van der Waals surface area contributed by atoms with E-state index in [-0.39, 0.29) is 5.82 Å². The first-order valence-corrected chi connectivity index (χ1v) is 10.3. The van der Waals surface area contributed by atoms with Gasteiger partial charge in [0.15, 0.2) is 0 Å². The van der Waals surface area contributed by atoms with Crippen LogP contribution in [0.5, 0.6) is 0 Å². The second-order valence-electron chi connectivity index (χ2n) is 7.64. The van der Waals surface area contributed by atoms with Gasteiger partial charge in [-0.1, -0.05) is 53.2 Å². The molecule has 0 spiro atoms. The molecule has 4 heteroatoms. The molecule has 1 heterocycles. The second kappa shape index (κ2) is 9.00. The Morgan fingerprint density at radius 3 is 2.26 bits per heavy atom. The molecule has 31 heavy (non-hydrogen) atoms. The summed E-state index contributed by atoms with van der Waals surface area (Å²) in [5.74, 6) is -0.249. The lowest BCUT2D eigenvalue weighted by Crippen LogP contribution is -2.02. The topological polar surface area (TPSA) is 26.5 Å². The number of halogens is 1. The molecule has 0 bridgehead atoms. The van der Waals surface area contributed by atoms with Crippen LogP contribution in [0.2, 0.25) is 0 Å². The summed E-state index contributed by atoms with van der Waals surface area (Å²) in [5.41, 5.74) is 8.07. The molecule has 0 radical (unpaired) electrons. The Balaban J connectivity index is 1.72. The van der Waals surface area contributed by atoms with E-state index in [0.717, 1.165) is 39.5 Å². The first-order valence-electron chi connectivity index (χ1n) is 10.3. The minimum absolute atomic E-state index is 0.249. The second-order valence-corrected chi connectivity index (χ2v) is 7.64. The molecular formula is C27H25FN2O. The number of oxime groups is 1. The summed E-state index contributed by atoms with van der Waals surface area (Å²) in [4.78, 5) is 5.61. The number of benzene rings is 3. The molecule has 3 aromatic carbocycles. The van der Waals surface area contributed by atoms with Crippen molar-refractivity contribution in [3.63, 3.8) is 0 Å². The zero-order chi connectivity index (χ0) is 21.8. The van der Waals surface area contributed by atoms with Crippen LogP contribution in [-0.2, 0) is 11.4 Å². The molecule has 0 atom stereocenters. The molecular weight excluding hydrogens is 387 g/mol. The Morgan fingerprint density at radius 2 is 1.58 bits per heavy atom. The van der Waals surface area contributed by atoms with Crippen molar-refractivity contribution in [3.8, 4) is 16.9 Å². The van der Waals surface area contributed by atoms with Crippen molar-refractivity contribution in [1.82, 2.24) is 4.57 Å². The van der Waals surface area contributed by atoms with Crippen LogP contribution in [0.3, 0.4) is 0 Å². The number of rotatable bonds is 6. The molecule has 4 aromatic rings. The van der Waals surface area contributed by atoms with E-state index < -0.39 is 0 Å². The van der Waals surface area contributed by atoms with E-state index in [9.17, 15) is 4.39 Å². The van der Waals surface area contributed by atoms with Crippen molar-refractivity contribution in [3.05, 3.63) is 113 Å². The van der Waals surface area contributed by atoms with Gasteiger partial charge in [0, 0.05) is 16.9 Å². The lowest BCUT2D eigenvalue weighted by Gasteiger charge is -2.13. The number of hydrogen-bond donors (Lipinski definition) is 0. The molecule has 3 nitrogen and oxygen atoms in total. The Morgan fingerprint density at radius 1 is 0.903 bits per heavy atom. The van der Waals surface area contributed by atoms with Crippen LogP contribution in [0.4, 0.5) is 4.39 Å². The summed E-state index contributed by atoms with van der Waals surface area (Å²) < 4.78 is 15.7. The molecule has 0 amide bonds. The Labute approximate surface area is 182 Å². The normalized spacial score (nSPS) is 11.5. The van der Waals surface area contributed by atoms with E-state index in [1.165, 1.54) is 17.7 Å². The highest BCUT2D eigenvalue weighted by Crippen LogP contribution is 2.30. The van der Waals surface area contributed by atoms with Crippen LogP contribution in [0.25, 0.3) is 16.9 Å². The molecule has 1 aromatic heterocycles. The molecule has 0 N–H and O–H groups in total. The molecule has 0 saturated heterocycles. The number of nitrogens with zero attached hydrogens (tertiary/aromatic N) is 2. The monoisotopic (exact) mass is 412 g/mol. The minimum Gasteiger partial charge on any atom is -0.391 e. The SMILES string of the molecule is C/C(=N/OCc1ccccc1)c1cc(-c2ccc(F)cc2)n(-c2ccc(C)cc2)c1C. The number of aryl methyl sites for hydroxylation is 1. The summed E-state index contributed by atoms with van der Waals surface area (Å²) in [7, 11) is 0. The summed E-state index contributed by atoms with van der Waals surface area (Å²) >= 11 is 0. The molecule has 0 unspecified atom stereocenters. The third kappa shape index (κ3) is 4.58. The third-order valence-corrected chi connectivity index (χ3v) is 5.34. The summed E-state index contributed by atoms with van der Waals surface area (Å²) in [6.07, 6.45) is 0. The van der Waals surface area contributed by atoms with Crippen LogP contribution < -0.4 is 0 Å². The molecule has 0 aliphatic carbocycles. The number of hydrogen-bond acceptors (Lipinski definition) is 2. The molecule has 0 aliphatic heterocycles. The lowest BCUT2D eigenvalue weighted by atomic mass is 10.1. The van der Waals surface area contributed by atoms with Crippen molar-refractivity contribution < 1.29 is 9.23 Å². The van der Waals surface area contributed by atoms with Crippen LogP contribution in [-0.4, -0.2) is 10.3 Å². The van der Waals surface area contributed by atoms with Gasteiger partial charge in [-0.3, -0.25) is 0 Å². The zero-order valence-corrected chi connectivity index (χ0v) is 18.0. The van der Waals surface area contributed by atoms with Gasteiger partial charge in [-0.25, -0.2) is 4.39 Å². The largest absolute Gasteiger partial charge is 0.391 e. The van der Waals surface area contributed by atoms with E-state index in [2.05, 4.69) is 53.9 Å². The van der Waals surface area contributed by atoms with Crippen LogP contribution in [0.15, 0.2) is 90.1 Å². The molecule has 156 valence electrons. The van der Waals surface area contributed by atoms with Crippen LogP contribution in [0.1, 0.15) is 29.3 Å². The first-order chi connectivity index (χ1) is 15.0. The molecule has 0 aliphatic rings. The van der Waals surface area contributed by atoms with Crippen LogP contribution in [0, 0.1) is 19.7 Å². The van der Waals surface area contributed by atoms with E-state index in [1.807, 2.05) is 37.3 Å². The van der Waals surface area contributed by atoms with Gasteiger partial charge >= 0.3 is 0 Å². The molecule has 0 fully saturated rings. The quantitative estimate of drug-likeness (QED) is 0.251. The Kier molecular flexibility index (Phi) is 5.99. The van der Waals surface area contributed by atoms with E-state index in [4.69, 9.17) is 4.84 Å². The lowest BCUT2D eigenvalue weighted by molar-refractivity contribution is 0.130. The van der Waals surface area contributed by atoms with Gasteiger partial charge in [0.1, 0.15) is 12.4 Å². The average molecular weight is 413 g/mol. The molecule has 0 saturated carbocycles. The van der Waals surface area contributed by atoms with Crippen molar-refractivity contribution in [2.45, 2.75) is 27.4 Å². The van der Waals surface area contributed by atoms with Gasteiger partial charge in [0.2, 0.25) is 0 Å². The van der Waals surface area contributed by atoms with Gasteiger partial charge in [0.25, 0.3) is 0 Å². The predicted octanol–water partition coefficient (Wildman–Crippen LogP) is 6.84. The van der Waals surface area contributed by atoms with Crippen molar-refractivity contribution >= 4 is 5.71 Å². The van der Waals surface area contributed by atoms with Crippen molar-refractivity contribution in [2.24, 2.45) is 5.16 Å². The predicted molar refractivity (Wildman–Crippen MR) is 124 cm³/mol. The number of aromatic nitrogens is 1. The Bertz CT molecular complexity index is 1190. The fourth-order valence-electron chi connectivity index (χ4n) is 3.66. The van der Waals surface area contributed by atoms with Crippen molar-refractivity contribution in [2.75, 3.05) is 0 Å². The highest BCUT2D eigenvalue weighted by Gasteiger charge is 2.17. The summed E-state index contributed by atoms with van der Waals surface area (Å²) in [6, 6.07) is 27.0. The van der Waals surface area contributed by atoms with Crippen LogP contribution >= 0.6 is 0 Å². The molecule has 4 rings (SSSR count). The maximum Gasteiger partial charge on any atom is 0.142 e.